The molecule has 0 heterocycles. The first-order valence-corrected chi connectivity index (χ1v) is 8.29. The minimum Gasteiger partial charge on any atom is -0.267 e. The molecule has 126 valence electrons. The molecule has 0 saturated carbocycles. The van der Waals surface area contributed by atoms with Gasteiger partial charge in [0.05, 0.1) is 0 Å². The van der Waals surface area contributed by atoms with E-state index in [0.29, 0.717) is 11.1 Å². The molecular weight excluding hydrogens is 324 g/mol. The van der Waals surface area contributed by atoms with Gasteiger partial charge in [-0.1, -0.05) is 66.7 Å². The number of amides is 2. The summed E-state index contributed by atoms with van der Waals surface area (Å²) in [6.07, 6.45) is 0. The lowest BCUT2D eigenvalue weighted by Gasteiger charge is -2.10. The molecule has 0 atom stereocenters. The van der Waals surface area contributed by atoms with Crippen LogP contribution in [0, 0.1) is 0 Å². The minimum atomic E-state index is -0.357. The van der Waals surface area contributed by atoms with Gasteiger partial charge in [-0.15, -0.1) is 0 Å². The van der Waals surface area contributed by atoms with E-state index in [2.05, 4.69) is 10.9 Å². The quantitative estimate of drug-likeness (QED) is 0.541. The molecule has 0 aliphatic heterocycles. The highest BCUT2D eigenvalue weighted by Crippen LogP contribution is 2.18. The summed E-state index contributed by atoms with van der Waals surface area (Å²) < 4.78 is 0. The average Bonchev–Trinajstić information content (AvgIpc) is 2.71. The van der Waals surface area contributed by atoms with Crippen LogP contribution in [0.3, 0.4) is 0 Å². The monoisotopic (exact) mass is 340 g/mol. The molecule has 26 heavy (non-hydrogen) atoms. The van der Waals surface area contributed by atoms with E-state index in [9.17, 15) is 9.59 Å². The minimum absolute atomic E-state index is 0.351. The Morgan fingerprint density at radius 1 is 0.577 bits per heavy atom. The number of fused-ring (bicyclic) bond motifs is 2. The predicted molar refractivity (Wildman–Crippen MR) is 103 cm³/mol. The maximum atomic E-state index is 12.5. The van der Waals surface area contributed by atoms with Crippen LogP contribution >= 0.6 is 0 Å². The van der Waals surface area contributed by atoms with Crippen molar-refractivity contribution in [3.05, 3.63) is 96.1 Å². The number of benzene rings is 4. The highest BCUT2D eigenvalue weighted by Gasteiger charge is 2.12. The molecule has 0 fully saturated rings. The Kier molecular flexibility index (Phi) is 4.07. The summed E-state index contributed by atoms with van der Waals surface area (Å²) >= 11 is 0. The lowest BCUT2D eigenvalue weighted by molar-refractivity contribution is 0.0847. The van der Waals surface area contributed by atoms with Gasteiger partial charge in [-0.25, -0.2) is 0 Å². The van der Waals surface area contributed by atoms with E-state index in [-0.39, 0.29) is 11.8 Å². The molecule has 0 radical (unpaired) electrons. The topological polar surface area (TPSA) is 58.2 Å². The van der Waals surface area contributed by atoms with Crippen molar-refractivity contribution in [1.82, 2.24) is 10.9 Å². The van der Waals surface area contributed by atoms with Gasteiger partial charge in [0, 0.05) is 11.1 Å². The largest absolute Gasteiger partial charge is 0.270 e. The third-order valence-corrected chi connectivity index (χ3v) is 4.34. The van der Waals surface area contributed by atoms with Crippen LogP contribution in [0.25, 0.3) is 21.5 Å². The highest BCUT2D eigenvalue weighted by atomic mass is 16.2. The number of carbonyl (C=O) groups excluding carboxylic acids is 2. The van der Waals surface area contributed by atoms with Gasteiger partial charge in [0.2, 0.25) is 0 Å². The Morgan fingerprint density at radius 2 is 1.23 bits per heavy atom. The van der Waals surface area contributed by atoms with Gasteiger partial charge >= 0.3 is 0 Å². The fraction of sp³-hybridized carbons (Fsp3) is 0. The Hall–Kier alpha value is -3.66. The Bertz CT molecular complexity index is 1130. The second-order valence-corrected chi connectivity index (χ2v) is 6.00. The number of hydrogen-bond donors (Lipinski definition) is 2. The van der Waals surface area contributed by atoms with Crippen LogP contribution < -0.4 is 10.9 Å². The SMILES string of the molecule is O=C(NNC(=O)c1cccc2ccccc12)c1ccc2ccccc2c1. The molecule has 0 bridgehead atoms. The summed E-state index contributed by atoms with van der Waals surface area (Å²) in [7, 11) is 0. The van der Waals surface area contributed by atoms with Gasteiger partial charge < -0.3 is 0 Å². The first-order valence-electron chi connectivity index (χ1n) is 8.29. The second-order valence-electron chi connectivity index (χ2n) is 6.00. The van der Waals surface area contributed by atoms with Crippen molar-refractivity contribution in [2.75, 3.05) is 0 Å². The highest BCUT2D eigenvalue weighted by molar-refractivity contribution is 6.08. The van der Waals surface area contributed by atoms with Crippen molar-refractivity contribution < 1.29 is 9.59 Å². The standard InChI is InChI=1S/C22H16N2O2/c25-21(18-13-12-15-6-1-2-8-17(15)14-18)23-24-22(26)20-11-5-9-16-7-3-4-10-19(16)20/h1-14H,(H,23,25)(H,24,26). The normalized spacial score (nSPS) is 10.6. The smallest absolute Gasteiger partial charge is 0.267 e. The first kappa shape index (κ1) is 15.8. The van der Waals surface area contributed by atoms with Crippen LogP contribution in [0.15, 0.2) is 84.9 Å². The summed E-state index contributed by atoms with van der Waals surface area (Å²) in [4.78, 5) is 24.8. The first-order chi connectivity index (χ1) is 12.7. The van der Waals surface area contributed by atoms with E-state index >= 15 is 0 Å². The molecule has 0 aliphatic rings. The molecule has 4 rings (SSSR count). The van der Waals surface area contributed by atoms with Crippen LogP contribution in [-0.4, -0.2) is 11.8 Å². The Balaban J connectivity index is 1.52. The second kappa shape index (κ2) is 6.69. The van der Waals surface area contributed by atoms with Crippen molar-refractivity contribution >= 4 is 33.4 Å². The van der Waals surface area contributed by atoms with E-state index in [1.807, 2.05) is 66.7 Å². The van der Waals surface area contributed by atoms with Crippen molar-refractivity contribution in [3.8, 4) is 0 Å². The van der Waals surface area contributed by atoms with Crippen LogP contribution in [0.2, 0.25) is 0 Å². The van der Waals surface area contributed by atoms with E-state index in [1.165, 1.54) is 0 Å². The summed E-state index contributed by atoms with van der Waals surface area (Å²) in [5, 5.41) is 3.85. The lowest BCUT2D eigenvalue weighted by atomic mass is 10.0. The van der Waals surface area contributed by atoms with Crippen LogP contribution in [0.4, 0.5) is 0 Å². The Morgan fingerprint density at radius 3 is 2.08 bits per heavy atom. The van der Waals surface area contributed by atoms with Crippen LogP contribution in [-0.2, 0) is 0 Å². The zero-order valence-electron chi connectivity index (χ0n) is 13.9. The van der Waals surface area contributed by atoms with Gasteiger partial charge in [0.15, 0.2) is 0 Å². The maximum absolute atomic E-state index is 12.5. The van der Waals surface area contributed by atoms with Gasteiger partial charge in [-0.05, 0) is 39.7 Å². The predicted octanol–water partition coefficient (Wildman–Crippen LogP) is 4.07. The molecule has 4 aromatic carbocycles. The average molecular weight is 340 g/mol. The Labute approximate surface area is 150 Å². The summed E-state index contributed by atoms with van der Waals surface area (Å²) in [6, 6.07) is 26.4. The number of rotatable bonds is 2. The summed E-state index contributed by atoms with van der Waals surface area (Å²) in [6.45, 7) is 0. The lowest BCUT2D eigenvalue weighted by Crippen LogP contribution is -2.41. The van der Waals surface area contributed by atoms with Crippen molar-refractivity contribution in [2.24, 2.45) is 0 Å². The molecule has 4 aromatic rings. The number of hydrogen-bond acceptors (Lipinski definition) is 2. The van der Waals surface area contributed by atoms with Crippen molar-refractivity contribution in [2.45, 2.75) is 0 Å². The van der Waals surface area contributed by atoms with E-state index in [1.54, 1.807) is 18.2 Å². The van der Waals surface area contributed by atoms with Gasteiger partial charge in [0.25, 0.3) is 11.8 Å². The molecule has 0 aliphatic carbocycles. The molecule has 2 amide bonds. The number of hydrazine groups is 1. The summed E-state index contributed by atoms with van der Waals surface area (Å²) in [5.74, 6) is -0.708. The van der Waals surface area contributed by atoms with Crippen molar-refractivity contribution in [3.63, 3.8) is 0 Å². The van der Waals surface area contributed by atoms with E-state index < -0.39 is 0 Å². The molecule has 4 nitrogen and oxygen atoms in total. The third-order valence-electron chi connectivity index (χ3n) is 4.34. The van der Waals surface area contributed by atoms with Crippen LogP contribution in [0.5, 0.6) is 0 Å². The number of carbonyl (C=O) groups is 2. The molecule has 0 aromatic heterocycles. The van der Waals surface area contributed by atoms with Gasteiger partial charge in [0.1, 0.15) is 0 Å². The molecule has 0 spiro atoms. The fourth-order valence-electron chi connectivity index (χ4n) is 3.01. The molecule has 2 N–H and O–H groups in total. The zero-order chi connectivity index (χ0) is 17.9. The van der Waals surface area contributed by atoms with Crippen LogP contribution in [0.1, 0.15) is 20.7 Å². The third kappa shape index (κ3) is 3.00. The van der Waals surface area contributed by atoms with E-state index in [0.717, 1.165) is 21.5 Å². The number of nitrogens with one attached hydrogen (secondary N) is 2. The molecule has 4 heteroatoms. The fourth-order valence-corrected chi connectivity index (χ4v) is 3.01. The van der Waals surface area contributed by atoms with E-state index in [4.69, 9.17) is 0 Å². The molecule has 0 unspecified atom stereocenters. The summed E-state index contributed by atoms with van der Waals surface area (Å²) in [5.41, 5.74) is 5.99. The van der Waals surface area contributed by atoms with Crippen molar-refractivity contribution in [1.29, 1.82) is 0 Å². The maximum Gasteiger partial charge on any atom is 0.270 e. The molecule has 0 saturated heterocycles. The zero-order valence-corrected chi connectivity index (χ0v) is 13.9. The van der Waals surface area contributed by atoms with Gasteiger partial charge in [-0.2, -0.15) is 0 Å². The molecular formula is C22H16N2O2. The van der Waals surface area contributed by atoms with Gasteiger partial charge in [-0.3, -0.25) is 20.4 Å².